The molecule has 1 aromatic rings. The highest BCUT2D eigenvalue weighted by Crippen LogP contribution is 2.18. The van der Waals surface area contributed by atoms with E-state index in [1.165, 1.54) is 0 Å². The SMILES string of the molecule is CC(C)(Cl)C#Cc1ccc(Cl)c(CNC(=O)O)c1. The van der Waals surface area contributed by atoms with Crippen LogP contribution in [0.4, 0.5) is 4.79 Å². The van der Waals surface area contributed by atoms with Crippen molar-refractivity contribution in [3.05, 3.63) is 34.3 Å². The molecule has 18 heavy (non-hydrogen) atoms. The summed E-state index contributed by atoms with van der Waals surface area (Å²) in [4.78, 5) is 9.83. The van der Waals surface area contributed by atoms with Crippen LogP contribution in [0.3, 0.4) is 0 Å². The first-order chi connectivity index (χ1) is 8.28. The van der Waals surface area contributed by atoms with E-state index in [1.807, 2.05) is 0 Å². The maximum absolute atomic E-state index is 10.4. The van der Waals surface area contributed by atoms with Crippen molar-refractivity contribution in [2.45, 2.75) is 25.3 Å². The maximum Gasteiger partial charge on any atom is 0.404 e. The zero-order chi connectivity index (χ0) is 13.8. The van der Waals surface area contributed by atoms with Gasteiger partial charge in [-0.05, 0) is 37.6 Å². The third-order valence-corrected chi connectivity index (χ3v) is 2.44. The number of benzene rings is 1. The van der Waals surface area contributed by atoms with Gasteiger partial charge in [-0.1, -0.05) is 23.4 Å². The van der Waals surface area contributed by atoms with E-state index >= 15 is 0 Å². The molecule has 5 heteroatoms. The van der Waals surface area contributed by atoms with Gasteiger partial charge in [0.05, 0.1) is 4.87 Å². The fourth-order valence-corrected chi connectivity index (χ4v) is 1.41. The molecule has 0 aromatic heterocycles. The molecule has 0 atom stereocenters. The summed E-state index contributed by atoms with van der Waals surface area (Å²) >= 11 is 11.9. The minimum absolute atomic E-state index is 0.147. The number of nitrogens with one attached hydrogen (secondary N) is 1. The lowest BCUT2D eigenvalue weighted by Gasteiger charge is -2.06. The van der Waals surface area contributed by atoms with Crippen LogP contribution in [0, 0.1) is 11.8 Å². The highest BCUT2D eigenvalue weighted by Gasteiger charge is 2.07. The Morgan fingerprint density at radius 2 is 2.17 bits per heavy atom. The molecule has 2 N–H and O–H groups in total. The molecule has 1 aromatic carbocycles. The van der Waals surface area contributed by atoms with Crippen molar-refractivity contribution in [3.63, 3.8) is 0 Å². The second kappa shape index (κ2) is 5.99. The summed E-state index contributed by atoms with van der Waals surface area (Å²) < 4.78 is 0. The molecule has 1 amide bonds. The number of alkyl halides is 1. The third kappa shape index (κ3) is 5.31. The third-order valence-electron chi connectivity index (χ3n) is 1.98. The van der Waals surface area contributed by atoms with Crippen molar-refractivity contribution in [2.75, 3.05) is 0 Å². The number of halogens is 2. The Labute approximate surface area is 116 Å². The van der Waals surface area contributed by atoms with Crippen LogP contribution < -0.4 is 5.32 Å². The largest absolute Gasteiger partial charge is 0.465 e. The van der Waals surface area contributed by atoms with Crippen molar-refractivity contribution < 1.29 is 9.90 Å². The number of hydrogen-bond acceptors (Lipinski definition) is 1. The van der Waals surface area contributed by atoms with E-state index in [4.69, 9.17) is 28.3 Å². The van der Waals surface area contributed by atoms with Gasteiger partial charge >= 0.3 is 6.09 Å². The fraction of sp³-hybridized carbons (Fsp3) is 0.308. The Morgan fingerprint density at radius 1 is 1.50 bits per heavy atom. The van der Waals surface area contributed by atoms with Crippen LogP contribution in [-0.4, -0.2) is 16.1 Å². The summed E-state index contributed by atoms with van der Waals surface area (Å²) in [6, 6.07) is 5.20. The van der Waals surface area contributed by atoms with E-state index in [2.05, 4.69) is 17.2 Å². The average Bonchev–Trinajstić information content (AvgIpc) is 2.25. The van der Waals surface area contributed by atoms with Gasteiger partial charge in [-0.15, -0.1) is 11.6 Å². The lowest BCUT2D eigenvalue weighted by molar-refractivity contribution is 0.194. The number of hydrogen-bond donors (Lipinski definition) is 2. The van der Waals surface area contributed by atoms with Crippen molar-refractivity contribution in [1.29, 1.82) is 0 Å². The average molecular weight is 286 g/mol. The molecule has 0 unspecified atom stereocenters. The standard InChI is InChI=1S/C13H13Cl2NO2/c1-13(2,15)6-5-9-3-4-11(14)10(7-9)8-16-12(17)18/h3-4,7,16H,8H2,1-2H3,(H,17,18). The summed E-state index contributed by atoms with van der Waals surface area (Å²) in [6.45, 7) is 3.74. The predicted octanol–water partition coefficient (Wildman–Crippen LogP) is 3.48. The van der Waals surface area contributed by atoms with E-state index in [-0.39, 0.29) is 6.54 Å². The predicted molar refractivity (Wildman–Crippen MR) is 73.1 cm³/mol. The number of carboxylic acid groups (broad SMARTS) is 1. The van der Waals surface area contributed by atoms with E-state index in [9.17, 15) is 4.79 Å². The number of amides is 1. The van der Waals surface area contributed by atoms with Gasteiger partial charge in [0.2, 0.25) is 0 Å². The Morgan fingerprint density at radius 3 is 2.72 bits per heavy atom. The minimum Gasteiger partial charge on any atom is -0.465 e. The molecule has 3 nitrogen and oxygen atoms in total. The summed E-state index contributed by atoms with van der Waals surface area (Å²) in [7, 11) is 0. The maximum atomic E-state index is 10.4. The highest BCUT2D eigenvalue weighted by atomic mass is 35.5. The van der Waals surface area contributed by atoms with Crippen LogP contribution in [0.2, 0.25) is 5.02 Å². The normalized spacial score (nSPS) is 10.4. The quantitative estimate of drug-likeness (QED) is 0.646. The molecule has 1 rings (SSSR count). The van der Waals surface area contributed by atoms with Crippen molar-refractivity contribution in [3.8, 4) is 11.8 Å². The van der Waals surface area contributed by atoms with Crippen LogP contribution in [0.15, 0.2) is 18.2 Å². The summed E-state index contributed by atoms with van der Waals surface area (Å²) in [5.41, 5.74) is 1.42. The minimum atomic E-state index is -1.09. The fourth-order valence-electron chi connectivity index (χ4n) is 1.18. The van der Waals surface area contributed by atoms with Gasteiger partial charge < -0.3 is 10.4 Å². The molecule has 0 saturated carbocycles. The van der Waals surface area contributed by atoms with E-state index in [0.29, 0.717) is 10.6 Å². The van der Waals surface area contributed by atoms with Crippen LogP contribution in [0.1, 0.15) is 25.0 Å². The summed E-state index contributed by atoms with van der Waals surface area (Å²) in [5, 5.41) is 11.3. The number of carbonyl (C=O) groups is 1. The van der Waals surface area contributed by atoms with E-state index in [1.54, 1.807) is 32.0 Å². The first kappa shape index (κ1) is 14.7. The number of rotatable bonds is 2. The smallest absolute Gasteiger partial charge is 0.404 e. The van der Waals surface area contributed by atoms with Gasteiger partial charge in [-0.2, -0.15) is 0 Å². The molecule has 96 valence electrons. The van der Waals surface area contributed by atoms with Gasteiger partial charge in [0.25, 0.3) is 0 Å². The molecule has 0 radical (unpaired) electrons. The molecule has 0 saturated heterocycles. The van der Waals surface area contributed by atoms with Crippen LogP contribution in [0.25, 0.3) is 0 Å². The van der Waals surface area contributed by atoms with Gasteiger partial charge in [-0.25, -0.2) is 4.79 Å². The second-order valence-electron chi connectivity index (χ2n) is 4.19. The van der Waals surface area contributed by atoms with Crippen molar-refractivity contribution >= 4 is 29.3 Å². The lowest BCUT2D eigenvalue weighted by atomic mass is 10.1. The Bertz CT molecular complexity index is 510. The molecule has 0 bridgehead atoms. The zero-order valence-corrected chi connectivity index (χ0v) is 11.6. The van der Waals surface area contributed by atoms with Crippen molar-refractivity contribution in [2.24, 2.45) is 0 Å². The molecule has 0 spiro atoms. The summed E-state index contributed by atoms with van der Waals surface area (Å²) in [6.07, 6.45) is -1.09. The molecule has 0 aliphatic carbocycles. The van der Waals surface area contributed by atoms with E-state index < -0.39 is 11.0 Å². The van der Waals surface area contributed by atoms with Gasteiger partial charge in [0.15, 0.2) is 0 Å². The van der Waals surface area contributed by atoms with Gasteiger partial charge in [0, 0.05) is 17.1 Å². The second-order valence-corrected chi connectivity index (χ2v) is 5.54. The molecule has 0 fully saturated rings. The molecule has 0 aliphatic heterocycles. The Balaban J connectivity index is 2.92. The first-order valence-electron chi connectivity index (χ1n) is 5.25. The Hall–Kier alpha value is -1.37. The molecular weight excluding hydrogens is 273 g/mol. The Kier molecular flexibility index (Phi) is 4.89. The monoisotopic (exact) mass is 285 g/mol. The topological polar surface area (TPSA) is 49.3 Å². The molecule has 0 heterocycles. The van der Waals surface area contributed by atoms with Gasteiger partial charge in [-0.3, -0.25) is 0 Å². The van der Waals surface area contributed by atoms with E-state index in [0.717, 1.165) is 5.56 Å². The van der Waals surface area contributed by atoms with Crippen LogP contribution in [0.5, 0.6) is 0 Å². The first-order valence-corrected chi connectivity index (χ1v) is 6.01. The summed E-state index contributed by atoms with van der Waals surface area (Å²) in [5.74, 6) is 5.81. The molecule has 0 aliphatic rings. The lowest BCUT2D eigenvalue weighted by Crippen LogP contribution is -2.20. The van der Waals surface area contributed by atoms with Gasteiger partial charge in [0.1, 0.15) is 0 Å². The van der Waals surface area contributed by atoms with Crippen LogP contribution in [-0.2, 0) is 6.54 Å². The van der Waals surface area contributed by atoms with Crippen LogP contribution >= 0.6 is 23.2 Å². The van der Waals surface area contributed by atoms with Crippen molar-refractivity contribution in [1.82, 2.24) is 5.32 Å². The molecular formula is C13H13Cl2NO2. The highest BCUT2D eigenvalue weighted by molar-refractivity contribution is 6.31. The zero-order valence-electron chi connectivity index (χ0n) is 10.1.